The molecule has 214 valence electrons. The highest BCUT2D eigenvalue weighted by Gasteiger charge is 2.38. The van der Waals surface area contributed by atoms with E-state index < -0.39 is 53.9 Å². The van der Waals surface area contributed by atoms with Crippen molar-refractivity contribution in [1.82, 2.24) is 0 Å². The Morgan fingerprint density at radius 1 is 0.868 bits per heavy atom. The van der Waals surface area contributed by atoms with Gasteiger partial charge in [-0.2, -0.15) is 0 Å². The van der Waals surface area contributed by atoms with Crippen LogP contribution in [-0.4, -0.2) is 59.0 Å². The van der Waals surface area contributed by atoms with Crippen LogP contribution in [0.2, 0.25) is 0 Å². The maximum Gasteiger partial charge on any atom is 0.514 e. The molecule has 1 aromatic carbocycles. The van der Waals surface area contributed by atoms with Crippen molar-refractivity contribution in [3.8, 4) is 11.5 Å². The Labute approximate surface area is 222 Å². The summed E-state index contributed by atoms with van der Waals surface area (Å²) in [5.74, 6) is -1.72. The van der Waals surface area contributed by atoms with Gasteiger partial charge in [-0.25, -0.2) is 14.4 Å². The lowest BCUT2D eigenvalue weighted by atomic mass is 9.86. The molecule has 12 heteroatoms. The van der Waals surface area contributed by atoms with E-state index in [0.29, 0.717) is 12.0 Å². The number of carbonyl (C=O) groups excluding carboxylic acids is 3. The van der Waals surface area contributed by atoms with Crippen LogP contribution < -0.4 is 15.2 Å². The number of carboxylic acids is 1. The Kier molecular flexibility index (Phi) is 11.8. The van der Waals surface area contributed by atoms with Crippen molar-refractivity contribution in [3.05, 3.63) is 23.8 Å². The molecule has 0 heterocycles. The van der Waals surface area contributed by atoms with E-state index in [1.54, 1.807) is 41.5 Å². The lowest BCUT2D eigenvalue weighted by Crippen LogP contribution is -2.52. The minimum absolute atomic E-state index is 0.156. The summed E-state index contributed by atoms with van der Waals surface area (Å²) < 4.78 is 30.7. The van der Waals surface area contributed by atoms with Crippen LogP contribution in [0.1, 0.15) is 73.8 Å². The maximum atomic E-state index is 12.1. The largest absolute Gasteiger partial charge is 0.514 e. The first-order valence-corrected chi connectivity index (χ1v) is 12.3. The second-order valence-electron chi connectivity index (χ2n) is 10.1. The number of hydrogen-bond acceptors (Lipinski definition) is 11. The van der Waals surface area contributed by atoms with Crippen molar-refractivity contribution in [2.24, 2.45) is 5.73 Å². The van der Waals surface area contributed by atoms with Crippen molar-refractivity contribution in [2.45, 2.75) is 104 Å². The smallest absolute Gasteiger partial charge is 0.480 e. The van der Waals surface area contributed by atoms with Gasteiger partial charge >= 0.3 is 24.4 Å². The highest BCUT2D eigenvalue weighted by atomic mass is 16.8. The summed E-state index contributed by atoms with van der Waals surface area (Å²) in [6, 6.07) is 4.06. The van der Waals surface area contributed by atoms with Gasteiger partial charge in [0.15, 0.2) is 11.5 Å². The molecular formula is C26H39NO11. The van der Waals surface area contributed by atoms with Crippen LogP contribution >= 0.6 is 0 Å². The molecule has 0 aliphatic carbocycles. The zero-order chi connectivity index (χ0) is 29.3. The molecule has 1 aromatic rings. The molecule has 0 aromatic heterocycles. The number of rotatable bonds is 12. The summed E-state index contributed by atoms with van der Waals surface area (Å²) in [6.07, 6.45) is -4.83. The van der Waals surface area contributed by atoms with E-state index in [1.165, 1.54) is 25.1 Å². The third kappa shape index (κ3) is 11.2. The fraction of sp³-hybridized carbons (Fsp3) is 0.615. The van der Waals surface area contributed by atoms with Gasteiger partial charge in [0, 0.05) is 12.8 Å². The average molecular weight is 542 g/mol. The highest BCUT2D eigenvalue weighted by molar-refractivity contribution is 5.79. The Hall–Kier alpha value is -3.54. The molecule has 0 spiro atoms. The van der Waals surface area contributed by atoms with Gasteiger partial charge in [0.1, 0.15) is 17.2 Å². The minimum Gasteiger partial charge on any atom is -0.480 e. The van der Waals surface area contributed by atoms with Crippen molar-refractivity contribution < 1.29 is 52.7 Å². The SMILES string of the molecule is CCC(C)(C)OC(=O)O[C@@H](C)CC(N)(Cc1ccc(OC(=O)OC(C)C)c(OC(=O)OC(C)C)c1)C(=O)O. The first-order chi connectivity index (χ1) is 17.5. The van der Waals surface area contributed by atoms with E-state index in [0.717, 1.165) is 0 Å². The molecule has 0 radical (unpaired) electrons. The average Bonchev–Trinajstić information content (AvgIpc) is 2.73. The van der Waals surface area contributed by atoms with Crippen LogP contribution in [0.4, 0.5) is 14.4 Å². The normalized spacial score (nSPS) is 13.8. The molecule has 3 N–H and O–H groups in total. The van der Waals surface area contributed by atoms with Gasteiger partial charge in [-0.05, 0) is 72.6 Å². The Bertz CT molecular complexity index is 989. The molecule has 38 heavy (non-hydrogen) atoms. The highest BCUT2D eigenvalue weighted by Crippen LogP contribution is 2.32. The van der Waals surface area contributed by atoms with E-state index in [1.807, 2.05) is 6.92 Å². The molecule has 12 nitrogen and oxygen atoms in total. The number of nitrogens with two attached hydrogens (primary N) is 1. The van der Waals surface area contributed by atoms with Gasteiger partial charge in [0.25, 0.3) is 0 Å². The van der Waals surface area contributed by atoms with E-state index in [-0.39, 0.29) is 24.3 Å². The van der Waals surface area contributed by atoms with E-state index in [2.05, 4.69) is 0 Å². The number of aliphatic carboxylic acids is 1. The second kappa shape index (κ2) is 13.8. The van der Waals surface area contributed by atoms with Crippen molar-refractivity contribution in [1.29, 1.82) is 0 Å². The Morgan fingerprint density at radius 2 is 1.39 bits per heavy atom. The molecule has 0 amide bonds. The predicted molar refractivity (Wildman–Crippen MR) is 135 cm³/mol. The number of carboxylic acid groups (broad SMARTS) is 1. The topological polar surface area (TPSA) is 170 Å². The first kappa shape index (κ1) is 32.5. The summed E-state index contributed by atoms with van der Waals surface area (Å²) in [5, 5.41) is 9.88. The molecule has 2 atom stereocenters. The fourth-order valence-corrected chi connectivity index (χ4v) is 3.08. The molecule has 0 saturated carbocycles. The molecule has 0 saturated heterocycles. The fourth-order valence-electron chi connectivity index (χ4n) is 3.08. The van der Waals surface area contributed by atoms with Crippen LogP contribution in [0.15, 0.2) is 18.2 Å². The third-order valence-corrected chi connectivity index (χ3v) is 5.16. The number of hydrogen-bond donors (Lipinski definition) is 2. The molecule has 1 unspecified atom stereocenters. The quantitative estimate of drug-likeness (QED) is 0.207. The summed E-state index contributed by atoms with van der Waals surface area (Å²) in [5.41, 5.74) is 3.92. The molecule has 1 rings (SSSR count). The maximum absolute atomic E-state index is 12.1. The first-order valence-electron chi connectivity index (χ1n) is 12.3. The Balaban J connectivity index is 3.16. The molecule has 0 aliphatic heterocycles. The van der Waals surface area contributed by atoms with Crippen molar-refractivity contribution in [3.63, 3.8) is 0 Å². The Morgan fingerprint density at radius 3 is 1.87 bits per heavy atom. The van der Waals surface area contributed by atoms with E-state index in [4.69, 9.17) is 34.2 Å². The zero-order valence-electron chi connectivity index (χ0n) is 23.2. The molecule has 0 bridgehead atoms. The van der Waals surface area contributed by atoms with Crippen LogP contribution in [0.25, 0.3) is 0 Å². The van der Waals surface area contributed by atoms with Gasteiger partial charge in [0.05, 0.1) is 12.2 Å². The van der Waals surface area contributed by atoms with E-state index >= 15 is 0 Å². The lowest BCUT2D eigenvalue weighted by molar-refractivity contribution is -0.145. The summed E-state index contributed by atoms with van der Waals surface area (Å²) in [7, 11) is 0. The van der Waals surface area contributed by atoms with Gasteiger partial charge in [-0.3, -0.25) is 4.79 Å². The predicted octanol–water partition coefficient (Wildman–Crippen LogP) is 4.98. The number of ether oxygens (including phenoxy) is 6. The van der Waals surface area contributed by atoms with Crippen LogP contribution in [0, 0.1) is 0 Å². The third-order valence-electron chi connectivity index (χ3n) is 5.16. The van der Waals surface area contributed by atoms with Crippen LogP contribution in [0.3, 0.4) is 0 Å². The van der Waals surface area contributed by atoms with Crippen LogP contribution in [0.5, 0.6) is 11.5 Å². The van der Waals surface area contributed by atoms with Gasteiger partial charge in [-0.15, -0.1) is 0 Å². The van der Waals surface area contributed by atoms with Gasteiger partial charge < -0.3 is 39.3 Å². The standard InChI is InChI=1S/C26H39NO11/c1-9-25(7,8)38-24(32)35-17(6)13-26(27,21(28)29)14-18-10-11-19(36-22(30)33-15(2)3)20(12-18)37-23(31)34-16(4)5/h10-12,15-17H,9,13-14,27H2,1-8H3,(H,28,29)/t17-,26?/m0/s1. The zero-order valence-corrected chi connectivity index (χ0v) is 23.2. The number of carbonyl (C=O) groups is 4. The molecular weight excluding hydrogens is 502 g/mol. The van der Waals surface area contributed by atoms with Gasteiger partial charge in [0.2, 0.25) is 0 Å². The summed E-state index contributed by atoms with van der Waals surface area (Å²) in [6.45, 7) is 13.3. The van der Waals surface area contributed by atoms with Crippen molar-refractivity contribution >= 4 is 24.4 Å². The van der Waals surface area contributed by atoms with E-state index in [9.17, 15) is 24.3 Å². The van der Waals surface area contributed by atoms with Gasteiger partial charge in [-0.1, -0.05) is 13.0 Å². The lowest BCUT2D eigenvalue weighted by Gasteiger charge is -2.29. The monoisotopic (exact) mass is 541 g/mol. The molecule has 0 aliphatic rings. The minimum atomic E-state index is -1.88. The summed E-state index contributed by atoms with van der Waals surface area (Å²) in [4.78, 5) is 48.4. The second-order valence-corrected chi connectivity index (χ2v) is 10.1. The van der Waals surface area contributed by atoms with Crippen LogP contribution in [-0.2, 0) is 30.2 Å². The summed E-state index contributed by atoms with van der Waals surface area (Å²) >= 11 is 0. The van der Waals surface area contributed by atoms with Crippen molar-refractivity contribution in [2.75, 3.05) is 0 Å². The number of benzene rings is 1. The molecule has 0 fully saturated rings.